The highest BCUT2D eigenvalue weighted by Crippen LogP contribution is 2.26. The van der Waals surface area contributed by atoms with Gasteiger partial charge in [0.2, 0.25) is 0 Å². The first kappa shape index (κ1) is 23.7. The zero-order chi connectivity index (χ0) is 22.9. The van der Waals surface area contributed by atoms with Gasteiger partial charge in [0.15, 0.2) is 0 Å². The number of ether oxygens (including phenoxy) is 1. The first-order valence-electron chi connectivity index (χ1n) is 11.2. The summed E-state index contributed by atoms with van der Waals surface area (Å²) in [5.74, 6) is -0.291. The topological polar surface area (TPSA) is 88.0 Å². The van der Waals surface area contributed by atoms with Crippen molar-refractivity contribution in [3.63, 3.8) is 0 Å². The number of morpholine rings is 1. The molecule has 2 aromatic carbocycles. The highest BCUT2D eigenvalue weighted by Gasteiger charge is 2.24. The molecule has 1 saturated heterocycles. The molecule has 32 heavy (non-hydrogen) atoms. The molecule has 8 heteroatoms. The molecule has 1 N–H and O–H groups in total. The number of nitro benzene ring substituents is 1. The van der Waals surface area contributed by atoms with Crippen molar-refractivity contribution in [3.8, 4) is 0 Å². The van der Waals surface area contributed by atoms with Gasteiger partial charge in [-0.1, -0.05) is 44.2 Å². The molecule has 0 aliphatic carbocycles. The minimum Gasteiger partial charge on any atom is -0.378 e. The smallest absolute Gasteiger partial charge is 0.270 e. The molecule has 0 saturated carbocycles. The number of nitro groups is 1. The van der Waals surface area contributed by atoms with E-state index in [4.69, 9.17) is 4.74 Å². The van der Waals surface area contributed by atoms with Crippen LogP contribution < -0.4 is 10.2 Å². The van der Waals surface area contributed by atoms with Crippen LogP contribution in [0.25, 0.3) is 0 Å². The summed E-state index contributed by atoms with van der Waals surface area (Å²) in [7, 11) is 0. The normalized spacial score (nSPS) is 14.9. The lowest BCUT2D eigenvalue weighted by Gasteiger charge is -2.31. The number of benzene rings is 2. The van der Waals surface area contributed by atoms with Crippen molar-refractivity contribution < 1.29 is 14.5 Å². The number of hydrogen-bond donors (Lipinski definition) is 1. The zero-order valence-corrected chi connectivity index (χ0v) is 18.8. The Hall–Kier alpha value is -2.97. The van der Waals surface area contributed by atoms with Gasteiger partial charge >= 0.3 is 0 Å². The number of hydrogen-bond acceptors (Lipinski definition) is 6. The summed E-state index contributed by atoms with van der Waals surface area (Å²) >= 11 is 0. The van der Waals surface area contributed by atoms with Gasteiger partial charge < -0.3 is 15.0 Å². The van der Waals surface area contributed by atoms with E-state index in [1.807, 2.05) is 23.1 Å². The number of amides is 1. The van der Waals surface area contributed by atoms with Crippen molar-refractivity contribution in [1.82, 2.24) is 10.2 Å². The minimum absolute atomic E-state index is 0.0864. The SMILES string of the molecule is CCN(CC)C(CNC(=O)c1cc([N+](=O)[O-])ccc1N1CCOCC1)Cc1ccccc1. The van der Waals surface area contributed by atoms with E-state index in [0.29, 0.717) is 44.1 Å². The van der Waals surface area contributed by atoms with Crippen LogP contribution in [0.3, 0.4) is 0 Å². The average molecular weight is 441 g/mol. The molecule has 1 atom stereocenters. The van der Waals surface area contributed by atoms with E-state index in [1.54, 1.807) is 6.07 Å². The maximum absolute atomic E-state index is 13.2. The summed E-state index contributed by atoms with van der Waals surface area (Å²) < 4.78 is 5.41. The van der Waals surface area contributed by atoms with Gasteiger partial charge in [0, 0.05) is 37.8 Å². The molecule has 172 valence electrons. The van der Waals surface area contributed by atoms with E-state index in [0.717, 1.165) is 19.5 Å². The summed E-state index contributed by atoms with van der Waals surface area (Å²) in [6.07, 6.45) is 0.814. The standard InChI is InChI=1S/C24H32N4O4/c1-3-26(4-2)21(16-19-8-6-5-7-9-19)18-25-24(29)22-17-20(28(30)31)10-11-23(22)27-12-14-32-15-13-27/h5-11,17,21H,3-4,12-16,18H2,1-2H3,(H,25,29). The van der Waals surface area contributed by atoms with Crippen molar-refractivity contribution in [2.75, 3.05) is 50.8 Å². The highest BCUT2D eigenvalue weighted by molar-refractivity contribution is 6.00. The predicted octanol–water partition coefficient (Wildman–Crippen LogP) is 3.11. The van der Waals surface area contributed by atoms with Gasteiger partial charge in [-0.15, -0.1) is 0 Å². The Bertz CT molecular complexity index is 896. The number of carbonyl (C=O) groups excluding carboxylic acids is 1. The number of non-ortho nitro benzene ring substituents is 1. The van der Waals surface area contributed by atoms with E-state index < -0.39 is 4.92 Å². The summed E-state index contributed by atoms with van der Waals surface area (Å²) in [5, 5.41) is 14.4. The number of carbonyl (C=O) groups is 1. The number of likely N-dealkylation sites (N-methyl/N-ethyl adjacent to an activating group) is 1. The molecular formula is C24H32N4O4. The molecule has 0 spiro atoms. The van der Waals surface area contributed by atoms with Crippen LogP contribution >= 0.6 is 0 Å². The van der Waals surface area contributed by atoms with E-state index in [9.17, 15) is 14.9 Å². The van der Waals surface area contributed by atoms with E-state index in [1.165, 1.54) is 17.7 Å². The summed E-state index contributed by atoms with van der Waals surface area (Å²) in [6.45, 7) is 8.86. The Morgan fingerprint density at radius 3 is 2.47 bits per heavy atom. The quantitative estimate of drug-likeness (QED) is 0.451. The monoisotopic (exact) mass is 440 g/mol. The molecule has 1 amide bonds. The van der Waals surface area contributed by atoms with Crippen LogP contribution in [-0.4, -0.2) is 67.7 Å². The number of nitrogens with zero attached hydrogens (tertiary/aromatic N) is 3. The molecular weight excluding hydrogens is 408 g/mol. The molecule has 1 aliphatic heterocycles. The number of nitrogens with one attached hydrogen (secondary N) is 1. The van der Waals surface area contributed by atoms with Crippen molar-refractivity contribution in [2.24, 2.45) is 0 Å². The van der Waals surface area contributed by atoms with E-state index in [2.05, 4.69) is 36.2 Å². The molecule has 1 heterocycles. The van der Waals surface area contributed by atoms with Crippen molar-refractivity contribution in [1.29, 1.82) is 0 Å². The zero-order valence-electron chi connectivity index (χ0n) is 18.8. The van der Waals surface area contributed by atoms with E-state index in [-0.39, 0.29) is 17.6 Å². The Labute approximate surface area is 189 Å². The molecule has 8 nitrogen and oxygen atoms in total. The van der Waals surface area contributed by atoms with Crippen LogP contribution in [-0.2, 0) is 11.2 Å². The molecule has 1 aliphatic rings. The second-order valence-corrected chi connectivity index (χ2v) is 7.83. The van der Waals surface area contributed by atoms with Gasteiger partial charge in [-0.2, -0.15) is 0 Å². The third-order valence-corrected chi connectivity index (χ3v) is 5.93. The molecule has 1 fully saturated rings. The van der Waals surface area contributed by atoms with Gasteiger partial charge in [-0.05, 0) is 31.1 Å². The molecule has 0 aromatic heterocycles. The molecule has 0 radical (unpaired) electrons. The lowest BCUT2D eigenvalue weighted by molar-refractivity contribution is -0.384. The maximum atomic E-state index is 13.2. The largest absolute Gasteiger partial charge is 0.378 e. The van der Waals surface area contributed by atoms with Crippen LogP contribution in [0.4, 0.5) is 11.4 Å². The fourth-order valence-corrected chi connectivity index (χ4v) is 4.16. The van der Waals surface area contributed by atoms with Crippen LogP contribution in [0.2, 0.25) is 0 Å². The summed E-state index contributed by atoms with van der Waals surface area (Å²) in [4.78, 5) is 28.5. The van der Waals surface area contributed by atoms with Gasteiger partial charge in [-0.3, -0.25) is 19.8 Å². The average Bonchev–Trinajstić information content (AvgIpc) is 2.83. The van der Waals surface area contributed by atoms with Crippen LogP contribution in [0.5, 0.6) is 0 Å². The van der Waals surface area contributed by atoms with Gasteiger partial charge in [0.05, 0.1) is 29.4 Å². The number of anilines is 1. The van der Waals surface area contributed by atoms with Gasteiger partial charge in [0.25, 0.3) is 11.6 Å². The Morgan fingerprint density at radius 2 is 1.84 bits per heavy atom. The summed E-state index contributed by atoms with van der Waals surface area (Å²) in [6, 6.07) is 14.8. The number of rotatable bonds is 10. The second kappa shape index (κ2) is 11.6. The van der Waals surface area contributed by atoms with Crippen LogP contribution in [0.1, 0.15) is 29.8 Å². The maximum Gasteiger partial charge on any atom is 0.270 e. The molecule has 1 unspecified atom stereocenters. The lowest BCUT2D eigenvalue weighted by atomic mass is 10.0. The molecule has 2 aromatic rings. The van der Waals surface area contributed by atoms with Crippen molar-refractivity contribution in [2.45, 2.75) is 26.3 Å². The van der Waals surface area contributed by atoms with Crippen LogP contribution in [0.15, 0.2) is 48.5 Å². The Kier molecular flexibility index (Phi) is 8.58. The van der Waals surface area contributed by atoms with Crippen molar-refractivity contribution in [3.05, 3.63) is 69.8 Å². The fourth-order valence-electron chi connectivity index (χ4n) is 4.16. The second-order valence-electron chi connectivity index (χ2n) is 7.83. The van der Waals surface area contributed by atoms with Crippen molar-refractivity contribution >= 4 is 17.3 Å². The Morgan fingerprint density at radius 1 is 1.16 bits per heavy atom. The van der Waals surface area contributed by atoms with Gasteiger partial charge in [-0.25, -0.2) is 0 Å². The first-order valence-corrected chi connectivity index (χ1v) is 11.2. The molecule has 3 rings (SSSR count). The Balaban J connectivity index is 1.80. The minimum atomic E-state index is -0.464. The van der Waals surface area contributed by atoms with E-state index >= 15 is 0 Å². The third kappa shape index (κ3) is 6.05. The molecule has 0 bridgehead atoms. The van der Waals surface area contributed by atoms with Crippen LogP contribution in [0, 0.1) is 10.1 Å². The first-order chi connectivity index (χ1) is 15.5. The fraction of sp³-hybridized carbons (Fsp3) is 0.458. The highest BCUT2D eigenvalue weighted by atomic mass is 16.6. The predicted molar refractivity (Wildman–Crippen MR) is 125 cm³/mol. The lowest BCUT2D eigenvalue weighted by Crippen LogP contribution is -2.45. The van der Waals surface area contributed by atoms with Gasteiger partial charge in [0.1, 0.15) is 0 Å². The third-order valence-electron chi connectivity index (χ3n) is 5.93. The summed E-state index contributed by atoms with van der Waals surface area (Å²) in [5.41, 5.74) is 2.16.